The highest BCUT2D eigenvalue weighted by atomic mass is 32.2. The van der Waals surface area contributed by atoms with E-state index in [4.69, 9.17) is 4.74 Å². The summed E-state index contributed by atoms with van der Waals surface area (Å²) in [5.41, 5.74) is 0.417. The van der Waals surface area contributed by atoms with Crippen molar-refractivity contribution in [3.05, 3.63) is 15.9 Å². The second-order valence-electron chi connectivity index (χ2n) is 4.86. The highest BCUT2D eigenvalue weighted by Gasteiger charge is 2.47. The summed E-state index contributed by atoms with van der Waals surface area (Å²) in [6.45, 7) is 4.70. The lowest BCUT2D eigenvalue weighted by Crippen LogP contribution is -2.42. The summed E-state index contributed by atoms with van der Waals surface area (Å²) in [6, 6.07) is 0.255. The zero-order valence-electron chi connectivity index (χ0n) is 10.1. The first-order valence-corrected chi connectivity index (χ1v) is 6.86. The third-order valence-corrected chi connectivity index (χ3v) is 3.99. The van der Waals surface area contributed by atoms with E-state index in [1.807, 2.05) is 20.1 Å². The van der Waals surface area contributed by atoms with E-state index in [0.717, 1.165) is 17.8 Å². The summed E-state index contributed by atoms with van der Waals surface area (Å²) in [5, 5.41) is 0.664. The van der Waals surface area contributed by atoms with Gasteiger partial charge in [-0.05, 0) is 20.1 Å². The fourth-order valence-corrected chi connectivity index (χ4v) is 3.02. The smallest absolute Gasteiger partial charge is 0.256 e. The van der Waals surface area contributed by atoms with Crippen molar-refractivity contribution < 1.29 is 4.74 Å². The van der Waals surface area contributed by atoms with E-state index < -0.39 is 0 Å². The number of nitrogens with one attached hydrogen (secondary N) is 1. The molecule has 2 aliphatic heterocycles. The molecule has 0 amide bonds. The summed E-state index contributed by atoms with van der Waals surface area (Å²) >= 11 is 1.45. The first-order chi connectivity index (χ1) is 8.03. The monoisotopic (exact) mass is 253 g/mol. The Morgan fingerprint density at radius 2 is 2.35 bits per heavy atom. The number of thioether (sulfide) groups is 1. The molecule has 92 valence electrons. The Kier molecular flexibility index (Phi) is 2.28. The zero-order chi connectivity index (χ0) is 12.2. The van der Waals surface area contributed by atoms with Crippen LogP contribution in [-0.4, -0.2) is 34.6 Å². The average Bonchev–Trinajstić information content (AvgIpc) is 2.78. The fraction of sp³-hybridized carbons (Fsp3) is 0.636. The Balaban J connectivity index is 2.16. The van der Waals surface area contributed by atoms with Gasteiger partial charge in [0.15, 0.2) is 5.16 Å². The van der Waals surface area contributed by atoms with Crippen molar-refractivity contribution in [3.63, 3.8) is 0 Å². The van der Waals surface area contributed by atoms with Gasteiger partial charge in [-0.1, -0.05) is 11.8 Å². The standard InChI is InChI=1S/C11H15N3O2S/c1-11(2)14-6(5-16-11)4-7-8(14)12-10(17-3)13-9(7)15/h6H,4-5H2,1-3H3,(H,12,13,15)/t6-/m1/s1. The molecule has 3 heterocycles. The molecule has 0 unspecified atom stereocenters. The first-order valence-electron chi connectivity index (χ1n) is 5.63. The van der Waals surface area contributed by atoms with Crippen LogP contribution in [0.5, 0.6) is 0 Å². The number of anilines is 1. The van der Waals surface area contributed by atoms with Gasteiger partial charge in [-0.25, -0.2) is 4.98 Å². The summed E-state index contributed by atoms with van der Waals surface area (Å²) in [5.74, 6) is 0.797. The molecule has 0 bridgehead atoms. The molecule has 2 aliphatic rings. The van der Waals surface area contributed by atoms with Gasteiger partial charge < -0.3 is 14.6 Å². The Morgan fingerprint density at radius 3 is 3.06 bits per heavy atom. The van der Waals surface area contributed by atoms with Gasteiger partial charge in [-0.15, -0.1) is 0 Å². The van der Waals surface area contributed by atoms with Gasteiger partial charge in [0, 0.05) is 6.42 Å². The minimum atomic E-state index is -0.369. The summed E-state index contributed by atoms with van der Waals surface area (Å²) in [4.78, 5) is 21.4. The van der Waals surface area contributed by atoms with Gasteiger partial charge >= 0.3 is 0 Å². The minimum Gasteiger partial charge on any atom is -0.354 e. The highest BCUT2D eigenvalue weighted by molar-refractivity contribution is 7.98. The van der Waals surface area contributed by atoms with Crippen molar-refractivity contribution >= 4 is 17.6 Å². The number of aromatic nitrogens is 2. The van der Waals surface area contributed by atoms with Crippen molar-refractivity contribution in [2.24, 2.45) is 0 Å². The van der Waals surface area contributed by atoms with Crippen LogP contribution in [0.15, 0.2) is 9.95 Å². The summed E-state index contributed by atoms with van der Waals surface area (Å²) in [6.07, 6.45) is 2.64. The number of rotatable bonds is 1. The maximum absolute atomic E-state index is 12.0. The molecule has 1 fully saturated rings. The molecule has 1 saturated heterocycles. The predicted molar refractivity (Wildman–Crippen MR) is 66.6 cm³/mol. The van der Waals surface area contributed by atoms with E-state index in [-0.39, 0.29) is 17.3 Å². The molecule has 1 atom stereocenters. The minimum absolute atomic E-state index is 0.00968. The average molecular weight is 253 g/mol. The fourth-order valence-electron chi connectivity index (χ4n) is 2.64. The van der Waals surface area contributed by atoms with Gasteiger partial charge in [-0.2, -0.15) is 0 Å². The normalized spacial score (nSPS) is 24.9. The topological polar surface area (TPSA) is 58.2 Å². The molecule has 3 rings (SSSR count). The van der Waals surface area contributed by atoms with Gasteiger partial charge in [0.05, 0.1) is 18.2 Å². The van der Waals surface area contributed by atoms with E-state index in [9.17, 15) is 4.79 Å². The molecular weight excluding hydrogens is 238 g/mol. The third kappa shape index (κ3) is 1.51. The molecule has 1 aromatic heterocycles. The molecule has 0 saturated carbocycles. The second-order valence-corrected chi connectivity index (χ2v) is 5.66. The van der Waals surface area contributed by atoms with Crippen molar-refractivity contribution in [2.45, 2.75) is 37.2 Å². The van der Waals surface area contributed by atoms with Crippen LogP contribution in [0, 0.1) is 0 Å². The van der Waals surface area contributed by atoms with E-state index in [1.54, 1.807) is 0 Å². The number of aromatic amines is 1. The van der Waals surface area contributed by atoms with E-state index >= 15 is 0 Å². The van der Waals surface area contributed by atoms with Crippen molar-refractivity contribution in [3.8, 4) is 0 Å². The number of ether oxygens (including phenoxy) is 1. The quantitative estimate of drug-likeness (QED) is 0.597. The van der Waals surface area contributed by atoms with E-state index in [0.29, 0.717) is 11.8 Å². The first kappa shape index (κ1) is 11.1. The molecule has 0 radical (unpaired) electrons. The van der Waals surface area contributed by atoms with Crippen molar-refractivity contribution in [1.82, 2.24) is 9.97 Å². The van der Waals surface area contributed by atoms with Crippen LogP contribution in [-0.2, 0) is 11.2 Å². The molecule has 6 heteroatoms. The number of hydrogen-bond donors (Lipinski definition) is 1. The largest absolute Gasteiger partial charge is 0.354 e. The van der Waals surface area contributed by atoms with Crippen molar-refractivity contribution in [2.75, 3.05) is 17.8 Å². The van der Waals surface area contributed by atoms with Crippen LogP contribution in [0.4, 0.5) is 5.82 Å². The number of nitrogens with zero attached hydrogens (tertiary/aromatic N) is 2. The van der Waals surface area contributed by atoms with E-state index in [1.165, 1.54) is 11.8 Å². The maximum Gasteiger partial charge on any atom is 0.256 e. The van der Waals surface area contributed by atoms with Crippen LogP contribution in [0.3, 0.4) is 0 Å². The predicted octanol–water partition coefficient (Wildman–Crippen LogP) is 0.989. The maximum atomic E-state index is 12.0. The van der Waals surface area contributed by atoms with Gasteiger partial charge in [0.1, 0.15) is 11.5 Å². The molecule has 5 nitrogen and oxygen atoms in total. The lowest BCUT2D eigenvalue weighted by atomic mass is 10.2. The zero-order valence-corrected chi connectivity index (χ0v) is 10.9. The number of fused-ring (bicyclic) bond motifs is 3. The SMILES string of the molecule is CSc1nc2c(c(=O)[nH]1)C[C@@H]1COC(C)(C)N21. The number of hydrogen-bond acceptors (Lipinski definition) is 5. The van der Waals surface area contributed by atoms with Crippen LogP contribution >= 0.6 is 11.8 Å². The third-order valence-electron chi connectivity index (χ3n) is 3.41. The Hall–Kier alpha value is -1.01. The molecule has 1 N–H and O–H groups in total. The highest BCUT2D eigenvalue weighted by Crippen LogP contribution is 2.39. The van der Waals surface area contributed by atoms with Crippen LogP contribution in [0.25, 0.3) is 0 Å². The van der Waals surface area contributed by atoms with Crippen LogP contribution in [0.1, 0.15) is 19.4 Å². The van der Waals surface area contributed by atoms with Crippen LogP contribution in [0.2, 0.25) is 0 Å². The van der Waals surface area contributed by atoms with Crippen molar-refractivity contribution in [1.29, 1.82) is 0 Å². The lowest BCUT2D eigenvalue weighted by Gasteiger charge is -2.30. The molecule has 17 heavy (non-hydrogen) atoms. The molecule has 0 aliphatic carbocycles. The van der Waals surface area contributed by atoms with Crippen LogP contribution < -0.4 is 10.5 Å². The molecule has 0 aromatic carbocycles. The van der Waals surface area contributed by atoms with Gasteiger partial charge in [-0.3, -0.25) is 4.79 Å². The summed E-state index contributed by atoms with van der Waals surface area (Å²) in [7, 11) is 0. The van der Waals surface area contributed by atoms with E-state index in [2.05, 4.69) is 14.9 Å². The Bertz CT molecular complexity index is 526. The summed E-state index contributed by atoms with van der Waals surface area (Å²) < 4.78 is 5.74. The number of H-pyrrole nitrogens is 1. The van der Waals surface area contributed by atoms with Gasteiger partial charge in [0.25, 0.3) is 5.56 Å². The Morgan fingerprint density at radius 1 is 1.59 bits per heavy atom. The van der Waals surface area contributed by atoms with Gasteiger partial charge in [0.2, 0.25) is 0 Å². The molecular formula is C11H15N3O2S. The Labute approximate surface area is 104 Å². The molecule has 0 spiro atoms. The molecule has 1 aromatic rings. The second kappa shape index (κ2) is 3.49. The lowest BCUT2D eigenvalue weighted by molar-refractivity contribution is 0.0361.